The summed E-state index contributed by atoms with van der Waals surface area (Å²) in [5, 5.41) is 14.8. The van der Waals surface area contributed by atoms with Crippen LogP contribution in [0.1, 0.15) is 36.7 Å². The van der Waals surface area contributed by atoms with Gasteiger partial charge < -0.3 is 9.84 Å². The first-order chi connectivity index (χ1) is 13.0. The van der Waals surface area contributed by atoms with Crippen molar-refractivity contribution in [3.63, 3.8) is 0 Å². The van der Waals surface area contributed by atoms with Gasteiger partial charge in [-0.15, -0.1) is 10.2 Å². The van der Waals surface area contributed by atoms with E-state index in [1.807, 2.05) is 0 Å². The Bertz CT molecular complexity index is 890. The van der Waals surface area contributed by atoms with E-state index in [4.69, 9.17) is 4.52 Å². The van der Waals surface area contributed by atoms with Crippen molar-refractivity contribution in [1.82, 2.24) is 15.4 Å². The molecular weight excluding hydrogens is 400 g/mol. The van der Waals surface area contributed by atoms with Crippen molar-refractivity contribution in [3.05, 3.63) is 47.2 Å². The zero-order chi connectivity index (χ0) is 19.2. The number of carbonyl (C=O) groups excluding carboxylic acids is 1. The number of carbonyl (C=O) groups is 1. The number of nitrogens with zero attached hydrogens (tertiary/aromatic N) is 3. The minimum Gasteiger partial charge on any atom is -0.360 e. The van der Waals surface area contributed by atoms with E-state index in [1.165, 1.54) is 34.2 Å². The van der Waals surface area contributed by atoms with Gasteiger partial charge in [0.2, 0.25) is 5.91 Å². The number of thioether (sulfide) groups is 2. The van der Waals surface area contributed by atoms with Crippen molar-refractivity contribution in [1.29, 1.82) is 0 Å². The van der Waals surface area contributed by atoms with Crippen molar-refractivity contribution in [2.75, 3.05) is 11.1 Å². The second-order valence-corrected chi connectivity index (χ2v) is 9.60. The van der Waals surface area contributed by atoms with Crippen molar-refractivity contribution in [3.8, 4) is 0 Å². The number of aromatic nitrogens is 3. The zero-order valence-electron chi connectivity index (χ0n) is 15.3. The molecule has 3 aromatic rings. The molecule has 0 atom stereocenters. The number of benzene rings is 1. The molecule has 27 heavy (non-hydrogen) atoms. The molecule has 0 bridgehead atoms. The number of rotatable bonds is 8. The van der Waals surface area contributed by atoms with Crippen molar-refractivity contribution >= 4 is 46.6 Å². The number of aryl methyl sites for hydroxylation is 1. The zero-order valence-corrected chi connectivity index (χ0v) is 17.7. The highest BCUT2D eigenvalue weighted by Crippen LogP contribution is 2.31. The molecule has 0 aliphatic rings. The summed E-state index contributed by atoms with van der Waals surface area (Å²) in [7, 11) is 0. The molecule has 0 fully saturated rings. The maximum atomic E-state index is 11.9. The van der Waals surface area contributed by atoms with Crippen LogP contribution in [0, 0.1) is 6.92 Å². The van der Waals surface area contributed by atoms with Crippen LogP contribution in [0.2, 0.25) is 0 Å². The van der Waals surface area contributed by atoms with Gasteiger partial charge in [-0.05, 0) is 24.0 Å². The third kappa shape index (κ3) is 6.08. The van der Waals surface area contributed by atoms with Crippen LogP contribution >= 0.6 is 34.9 Å². The summed E-state index contributed by atoms with van der Waals surface area (Å²) >= 11 is 4.52. The molecule has 0 saturated carbocycles. The number of nitrogens with one attached hydrogen (secondary N) is 1. The summed E-state index contributed by atoms with van der Waals surface area (Å²) in [5.74, 6) is 2.58. The Morgan fingerprint density at radius 1 is 1.19 bits per heavy atom. The van der Waals surface area contributed by atoms with E-state index in [-0.39, 0.29) is 11.7 Å². The molecular formula is C18H20N4O2S3. The lowest BCUT2D eigenvalue weighted by atomic mass is 10.0. The molecule has 9 heteroatoms. The first-order valence-corrected chi connectivity index (χ1v) is 11.2. The van der Waals surface area contributed by atoms with Gasteiger partial charge in [0.25, 0.3) is 0 Å². The van der Waals surface area contributed by atoms with Crippen LogP contribution in [0.3, 0.4) is 0 Å². The fraction of sp³-hybridized carbons (Fsp3) is 0.333. The SMILES string of the molecule is Cc1cc(NC(=O)CSc2nnc(SCc3ccc(C(C)C)cc3)s2)no1. The van der Waals surface area contributed by atoms with E-state index in [1.54, 1.807) is 24.8 Å². The predicted octanol–water partition coefficient (Wildman–Crippen LogP) is 4.98. The topological polar surface area (TPSA) is 80.9 Å². The highest BCUT2D eigenvalue weighted by molar-refractivity contribution is 8.03. The summed E-state index contributed by atoms with van der Waals surface area (Å²) in [6.07, 6.45) is 0. The van der Waals surface area contributed by atoms with Gasteiger partial charge in [0, 0.05) is 11.8 Å². The molecule has 0 unspecified atom stereocenters. The van der Waals surface area contributed by atoms with E-state index in [2.05, 4.69) is 58.8 Å². The molecule has 2 aromatic heterocycles. The van der Waals surface area contributed by atoms with Gasteiger partial charge in [-0.1, -0.05) is 78.1 Å². The van der Waals surface area contributed by atoms with Crippen molar-refractivity contribution < 1.29 is 9.32 Å². The predicted molar refractivity (Wildman–Crippen MR) is 111 cm³/mol. The molecule has 2 heterocycles. The van der Waals surface area contributed by atoms with Gasteiger partial charge in [0.15, 0.2) is 14.5 Å². The molecule has 1 aromatic carbocycles. The van der Waals surface area contributed by atoms with Gasteiger partial charge in [0.05, 0.1) is 5.75 Å². The van der Waals surface area contributed by atoms with Crippen LogP contribution in [0.4, 0.5) is 5.82 Å². The number of anilines is 1. The number of hydrogen-bond donors (Lipinski definition) is 1. The van der Waals surface area contributed by atoms with Gasteiger partial charge >= 0.3 is 0 Å². The van der Waals surface area contributed by atoms with E-state index >= 15 is 0 Å². The lowest BCUT2D eigenvalue weighted by Gasteiger charge is -2.05. The van der Waals surface area contributed by atoms with Gasteiger partial charge in [-0.2, -0.15) is 0 Å². The monoisotopic (exact) mass is 420 g/mol. The lowest BCUT2D eigenvalue weighted by Crippen LogP contribution is -2.14. The quantitative estimate of drug-likeness (QED) is 0.515. The summed E-state index contributed by atoms with van der Waals surface area (Å²) in [6, 6.07) is 10.4. The fourth-order valence-corrected chi connectivity index (χ4v) is 4.97. The van der Waals surface area contributed by atoms with E-state index in [9.17, 15) is 4.79 Å². The lowest BCUT2D eigenvalue weighted by molar-refractivity contribution is -0.113. The Hall–Kier alpha value is -1.84. The Morgan fingerprint density at radius 2 is 1.89 bits per heavy atom. The fourth-order valence-electron chi connectivity index (χ4n) is 2.19. The highest BCUT2D eigenvalue weighted by Gasteiger charge is 2.11. The molecule has 1 N–H and O–H groups in total. The van der Waals surface area contributed by atoms with Crippen LogP contribution in [0.25, 0.3) is 0 Å². The van der Waals surface area contributed by atoms with Crippen LogP contribution in [-0.4, -0.2) is 27.0 Å². The van der Waals surface area contributed by atoms with Crippen LogP contribution < -0.4 is 5.32 Å². The van der Waals surface area contributed by atoms with Gasteiger partial charge in [0.1, 0.15) is 5.76 Å². The van der Waals surface area contributed by atoms with Crippen molar-refractivity contribution in [2.45, 2.75) is 41.1 Å². The van der Waals surface area contributed by atoms with Crippen molar-refractivity contribution in [2.24, 2.45) is 0 Å². The third-order valence-corrected chi connectivity index (χ3v) is 6.88. The molecule has 142 valence electrons. The Morgan fingerprint density at radius 3 is 2.52 bits per heavy atom. The average Bonchev–Trinajstić information content (AvgIpc) is 3.27. The van der Waals surface area contributed by atoms with Gasteiger partial charge in [-0.3, -0.25) is 4.79 Å². The van der Waals surface area contributed by atoms with E-state index < -0.39 is 0 Å². The highest BCUT2D eigenvalue weighted by atomic mass is 32.2. The molecule has 0 aliphatic heterocycles. The normalized spacial score (nSPS) is 11.1. The smallest absolute Gasteiger partial charge is 0.236 e. The average molecular weight is 421 g/mol. The maximum absolute atomic E-state index is 11.9. The van der Waals surface area contributed by atoms with Crippen LogP contribution in [-0.2, 0) is 10.5 Å². The summed E-state index contributed by atoms with van der Waals surface area (Å²) in [4.78, 5) is 11.9. The van der Waals surface area contributed by atoms with E-state index in [0.29, 0.717) is 17.5 Å². The summed E-state index contributed by atoms with van der Waals surface area (Å²) in [5.41, 5.74) is 2.61. The molecule has 0 saturated heterocycles. The Kier molecular flexibility index (Phi) is 6.92. The van der Waals surface area contributed by atoms with Crippen LogP contribution in [0.15, 0.2) is 43.5 Å². The number of hydrogen-bond acceptors (Lipinski definition) is 8. The molecule has 0 radical (unpaired) electrons. The third-order valence-electron chi connectivity index (χ3n) is 3.62. The first-order valence-electron chi connectivity index (χ1n) is 8.40. The molecule has 0 aliphatic carbocycles. The summed E-state index contributed by atoms with van der Waals surface area (Å²) in [6.45, 7) is 6.16. The molecule has 1 amide bonds. The maximum Gasteiger partial charge on any atom is 0.236 e. The van der Waals surface area contributed by atoms with E-state index in [0.717, 1.165) is 14.4 Å². The number of amides is 1. The standard InChI is InChI=1S/C18H20N4O2S3/c1-11(2)14-6-4-13(5-7-14)9-25-17-20-21-18(27-17)26-10-16(23)19-15-8-12(3)24-22-15/h4-8,11H,9-10H2,1-3H3,(H,19,22,23). The minimum atomic E-state index is -0.150. The Balaban J connectivity index is 1.44. The Labute approximate surface area is 170 Å². The largest absolute Gasteiger partial charge is 0.360 e. The summed E-state index contributed by atoms with van der Waals surface area (Å²) < 4.78 is 6.60. The van der Waals surface area contributed by atoms with Gasteiger partial charge in [-0.25, -0.2) is 0 Å². The van der Waals surface area contributed by atoms with Crippen LogP contribution in [0.5, 0.6) is 0 Å². The molecule has 6 nitrogen and oxygen atoms in total. The minimum absolute atomic E-state index is 0.150. The first kappa shape index (κ1) is 19.9. The second-order valence-electron chi connectivity index (χ2n) is 6.18. The molecule has 0 spiro atoms. The molecule has 3 rings (SSSR count). The second kappa shape index (κ2) is 9.38.